The average molecular weight is 379 g/mol. The number of carbonyl (C=O) groups excluding carboxylic acids is 1. The molecular weight excluding hydrogens is 358 g/mol. The van der Waals surface area contributed by atoms with Gasteiger partial charge >= 0.3 is 6.01 Å². The summed E-state index contributed by atoms with van der Waals surface area (Å²) in [5.41, 5.74) is 0.729. The lowest BCUT2D eigenvalue weighted by atomic mass is 10.2. The Kier molecular flexibility index (Phi) is 6.41. The molecule has 3 aromatic rings. The van der Waals surface area contributed by atoms with E-state index in [2.05, 4.69) is 15.3 Å². The van der Waals surface area contributed by atoms with Gasteiger partial charge in [0.15, 0.2) is 0 Å². The number of nitrogens with one attached hydrogen (secondary N) is 1. The van der Waals surface area contributed by atoms with Crippen LogP contribution in [0.5, 0.6) is 23.4 Å². The molecule has 0 unspecified atom stereocenters. The molecule has 1 heterocycles. The summed E-state index contributed by atoms with van der Waals surface area (Å²) >= 11 is 0. The summed E-state index contributed by atoms with van der Waals surface area (Å²) in [6.45, 7) is 4.49. The molecule has 2 aromatic carbocycles. The molecule has 1 N–H and O–H groups in total. The van der Waals surface area contributed by atoms with Gasteiger partial charge in [-0.15, -0.1) is 0 Å². The van der Waals surface area contributed by atoms with Gasteiger partial charge in [-0.25, -0.2) is 4.98 Å². The summed E-state index contributed by atoms with van der Waals surface area (Å²) in [4.78, 5) is 21.1. The number of hydrogen-bond acceptors (Lipinski definition) is 6. The number of benzene rings is 2. The maximum atomic E-state index is 12.9. The Morgan fingerprint density at radius 1 is 0.964 bits per heavy atom. The molecule has 3 rings (SSSR count). The Balaban J connectivity index is 1.83. The number of ether oxygens (including phenoxy) is 3. The minimum atomic E-state index is -0.361. The van der Waals surface area contributed by atoms with Crippen molar-refractivity contribution < 1.29 is 19.0 Å². The van der Waals surface area contributed by atoms with Crippen molar-refractivity contribution in [1.82, 2.24) is 9.97 Å². The van der Waals surface area contributed by atoms with Crippen LogP contribution in [-0.2, 0) is 0 Å². The lowest BCUT2D eigenvalue weighted by Gasteiger charge is -2.13. The lowest BCUT2D eigenvalue weighted by Crippen LogP contribution is -2.15. The van der Waals surface area contributed by atoms with E-state index in [1.165, 1.54) is 6.20 Å². The van der Waals surface area contributed by atoms with Crippen LogP contribution in [0.3, 0.4) is 0 Å². The number of rotatable bonds is 8. The Labute approximate surface area is 163 Å². The molecule has 0 fully saturated rings. The van der Waals surface area contributed by atoms with Gasteiger partial charge in [-0.05, 0) is 38.1 Å². The maximum absolute atomic E-state index is 12.9. The standard InChI is InChI=1S/C21H21N3O4/c1-3-26-20-17(14-22-21(24-20)27-4-2)23-19(25)16-12-8-9-13-18(16)28-15-10-6-5-7-11-15/h5-14H,3-4H2,1-2H3,(H,23,25). The van der Waals surface area contributed by atoms with Crippen molar-refractivity contribution in [3.63, 3.8) is 0 Å². The molecule has 0 spiro atoms. The quantitative estimate of drug-likeness (QED) is 0.628. The number of amides is 1. The molecular formula is C21H21N3O4. The summed E-state index contributed by atoms with van der Waals surface area (Å²) < 4.78 is 16.7. The second-order valence-electron chi connectivity index (χ2n) is 5.60. The molecule has 28 heavy (non-hydrogen) atoms. The number of aromatic nitrogens is 2. The summed E-state index contributed by atoms with van der Waals surface area (Å²) in [6, 6.07) is 16.5. The van der Waals surface area contributed by atoms with Gasteiger partial charge in [-0.3, -0.25) is 4.79 Å². The number of anilines is 1. The second-order valence-corrected chi connectivity index (χ2v) is 5.60. The third kappa shape index (κ3) is 4.76. The van der Waals surface area contributed by atoms with Gasteiger partial charge in [0.05, 0.1) is 25.0 Å². The molecule has 1 amide bonds. The van der Waals surface area contributed by atoms with Crippen molar-refractivity contribution in [2.75, 3.05) is 18.5 Å². The average Bonchev–Trinajstić information content (AvgIpc) is 2.71. The zero-order chi connectivity index (χ0) is 19.8. The molecule has 0 aliphatic rings. The monoisotopic (exact) mass is 379 g/mol. The largest absolute Gasteiger partial charge is 0.476 e. The highest BCUT2D eigenvalue weighted by atomic mass is 16.5. The van der Waals surface area contributed by atoms with Crippen LogP contribution in [0.2, 0.25) is 0 Å². The third-order valence-electron chi connectivity index (χ3n) is 3.64. The number of nitrogens with zero attached hydrogens (tertiary/aromatic N) is 2. The molecule has 144 valence electrons. The van der Waals surface area contributed by atoms with Gasteiger partial charge in [-0.2, -0.15) is 4.98 Å². The van der Waals surface area contributed by atoms with E-state index >= 15 is 0 Å². The topological polar surface area (TPSA) is 82.6 Å². The fourth-order valence-corrected chi connectivity index (χ4v) is 2.43. The molecule has 0 bridgehead atoms. The van der Waals surface area contributed by atoms with Crippen molar-refractivity contribution in [2.24, 2.45) is 0 Å². The number of carbonyl (C=O) groups is 1. The van der Waals surface area contributed by atoms with Gasteiger partial charge in [0, 0.05) is 0 Å². The van der Waals surface area contributed by atoms with E-state index in [1.54, 1.807) is 24.3 Å². The van der Waals surface area contributed by atoms with Gasteiger partial charge in [0.2, 0.25) is 5.88 Å². The predicted octanol–water partition coefficient (Wildman–Crippen LogP) is 4.32. The van der Waals surface area contributed by atoms with Crippen molar-refractivity contribution in [1.29, 1.82) is 0 Å². The first-order valence-electron chi connectivity index (χ1n) is 8.97. The van der Waals surface area contributed by atoms with E-state index in [4.69, 9.17) is 14.2 Å². The van der Waals surface area contributed by atoms with Crippen LogP contribution in [0.15, 0.2) is 60.8 Å². The van der Waals surface area contributed by atoms with Crippen LogP contribution in [-0.4, -0.2) is 29.1 Å². The van der Waals surface area contributed by atoms with Crippen LogP contribution in [0, 0.1) is 0 Å². The maximum Gasteiger partial charge on any atom is 0.319 e. The zero-order valence-electron chi connectivity index (χ0n) is 15.7. The zero-order valence-corrected chi connectivity index (χ0v) is 15.7. The SMILES string of the molecule is CCOc1ncc(NC(=O)c2ccccc2Oc2ccccc2)c(OCC)n1. The van der Waals surface area contributed by atoms with Crippen LogP contribution in [0.25, 0.3) is 0 Å². The fourth-order valence-electron chi connectivity index (χ4n) is 2.43. The van der Waals surface area contributed by atoms with Crippen molar-refractivity contribution >= 4 is 11.6 Å². The highest BCUT2D eigenvalue weighted by Crippen LogP contribution is 2.28. The molecule has 0 saturated heterocycles. The van der Waals surface area contributed by atoms with Crippen LogP contribution >= 0.6 is 0 Å². The van der Waals surface area contributed by atoms with Crippen LogP contribution in [0.1, 0.15) is 24.2 Å². The highest BCUT2D eigenvalue weighted by molar-refractivity contribution is 6.06. The summed E-state index contributed by atoms with van der Waals surface area (Å²) in [5, 5.41) is 2.78. The first-order chi connectivity index (χ1) is 13.7. The molecule has 0 radical (unpaired) electrons. The smallest absolute Gasteiger partial charge is 0.319 e. The Morgan fingerprint density at radius 2 is 1.68 bits per heavy atom. The predicted molar refractivity (Wildman–Crippen MR) is 105 cm³/mol. The van der Waals surface area contributed by atoms with E-state index in [0.717, 1.165) is 0 Å². The molecule has 7 heteroatoms. The molecule has 0 aliphatic heterocycles. The molecule has 0 aliphatic carbocycles. The molecule has 0 atom stereocenters. The normalized spacial score (nSPS) is 10.2. The van der Waals surface area contributed by atoms with E-state index in [0.29, 0.717) is 36.0 Å². The van der Waals surface area contributed by atoms with Gasteiger partial charge in [-0.1, -0.05) is 30.3 Å². The third-order valence-corrected chi connectivity index (χ3v) is 3.64. The first kappa shape index (κ1) is 19.2. The minimum absolute atomic E-state index is 0.191. The number of hydrogen-bond donors (Lipinski definition) is 1. The lowest BCUT2D eigenvalue weighted by molar-refractivity contribution is 0.102. The minimum Gasteiger partial charge on any atom is -0.476 e. The number of para-hydroxylation sites is 2. The van der Waals surface area contributed by atoms with E-state index < -0.39 is 0 Å². The van der Waals surface area contributed by atoms with Crippen LogP contribution in [0.4, 0.5) is 5.69 Å². The molecule has 1 aromatic heterocycles. The van der Waals surface area contributed by atoms with Crippen molar-refractivity contribution in [2.45, 2.75) is 13.8 Å². The fraction of sp³-hybridized carbons (Fsp3) is 0.190. The second kappa shape index (κ2) is 9.36. The molecule has 0 saturated carbocycles. The Morgan fingerprint density at radius 3 is 2.43 bits per heavy atom. The van der Waals surface area contributed by atoms with E-state index in [-0.39, 0.29) is 17.8 Å². The molecule has 7 nitrogen and oxygen atoms in total. The van der Waals surface area contributed by atoms with Crippen LogP contribution < -0.4 is 19.5 Å². The first-order valence-corrected chi connectivity index (χ1v) is 8.97. The Hall–Kier alpha value is -3.61. The van der Waals surface area contributed by atoms with Gasteiger partial charge < -0.3 is 19.5 Å². The van der Waals surface area contributed by atoms with E-state index in [9.17, 15) is 4.79 Å². The summed E-state index contributed by atoms with van der Waals surface area (Å²) in [5.74, 6) is 0.967. The summed E-state index contributed by atoms with van der Waals surface area (Å²) in [7, 11) is 0. The van der Waals surface area contributed by atoms with Gasteiger partial charge in [0.1, 0.15) is 17.2 Å². The van der Waals surface area contributed by atoms with E-state index in [1.807, 2.05) is 44.2 Å². The van der Waals surface area contributed by atoms with Crippen molar-refractivity contribution in [3.8, 4) is 23.4 Å². The van der Waals surface area contributed by atoms with Gasteiger partial charge in [0.25, 0.3) is 5.91 Å². The summed E-state index contributed by atoms with van der Waals surface area (Å²) in [6.07, 6.45) is 1.46. The Bertz CT molecular complexity index is 932. The highest BCUT2D eigenvalue weighted by Gasteiger charge is 2.17. The van der Waals surface area contributed by atoms with Crippen molar-refractivity contribution in [3.05, 3.63) is 66.4 Å².